The summed E-state index contributed by atoms with van der Waals surface area (Å²) >= 11 is 0. The van der Waals surface area contributed by atoms with E-state index in [9.17, 15) is 22.4 Å². The van der Waals surface area contributed by atoms with Crippen molar-refractivity contribution >= 4 is 16.8 Å². The van der Waals surface area contributed by atoms with E-state index in [4.69, 9.17) is 0 Å². The van der Waals surface area contributed by atoms with Crippen LogP contribution in [0.4, 0.5) is 17.6 Å². The Morgan fingerprint density at radius 1 is 1.26 bits per heavy atom. The third kappa shape index (κ3) is 4.75. The summed E-state index contributed by atoms with van der Waals surface area (Å²) in [7, 11) is 0. The summed E-state index contributed by atoms with van der Waals surface area (Å²) in [6.07, 6.45) is -3.11. The van der Waals surface area contributed by atoms with Crippen LogP contribution in [-0.2, 0) is 0 Å². The highest BCUT2D eigenvalue weighted by Gasteiger charge is 2.28. The average molecular weight is 381 g/mol. The fourth-order valence-electron chi connectivity index (χ4n) is 2.47. The predicted molar refractivity (Wildman–Crippen MR) is 89.9 cm³/mol. The number of aromatic amines is 1. The van der Waals surface area contributed by atoms with Gasteiger partial charge in [-0.2, -0.15) is 13.2 Å². The van der Waals surface area contributed by atoms with E-state index in [0.717, 1.165) is 0 Å². The number of alkyl halides is 3. The van der Waals surface area contributed by atoms with E-state index in [1.807, 2.05) is 0 Å². The summed E-state index contributed by atoms with van der Waals surface area (Å²) in [6.45, 7) is 0.278. The van der Waals surface area contributed by atoms with Gasteiger partial charge in [-0.15, -0.1) is 0 Å². The fraction of sp³-hybridized carbons (Fsp3) is 0.222. The first-order valence-electron chi connectivity index (χ1n) is 7.96. The number of amides is 1. The topological polar surface area (TPSA) is 67.0 Å². The molecular weight excluding hydrogens is 366 g/mol. The predicted octanol–water partition coefficient (Wildman–Crippen LogP) is 4.13. The Hall–Kier alpha value is -3.10. The highest BCUT2D eigenvalue weighted by atomic mass is 19.4. The lowest BCUT2D eigenvalue weighted by Gasteiger charge is -2.14. The quantitative estimate of drug-likeness (QED) is 0.653. The summed E-state index contributed by atoms with van der Waals surface area (Å²) < 4.78 is 54.2. The lowest BCUT2D eigenvalue weighted by Crippen LogP contribution is -2.27. The van der Waals surface area contributed by atoms with Crippen molar-refractivity contribution in [3.8, 4) is 5.88 Å². The van der Waals surface area contributed by atoms with Gasteiger partial charge in [0.2, 0.25) is 5.88 Å². The van der Waals surface area contributed by atoms with Crippen molar-refractivity contribution in [3.05, 3.63) is 59.7 Å². The van der Waals surface area contributed by atoms with E-state index in [2.05, 4.69) is 20.0 Å². The molecule has 142 valence electrons. The molecule has 3 aromatic rings. The molecule has 9 heteroatoms. The normalized spacial score (nSPS) is 12.8. The van der Waals surface area contributed by atoms with Crippen LogP contribution in [-0.4, -0.2) is 28.7 Å². The molecule has 0 saturated carbocycles. The molecule has 0 bridgehead atoms. The van der Waals surface area contributed by atoms with Gasteiger partial charge in [-0.25, -0.2) is 9.37 Å². The number of nitrogens with one attached hydrogen (secondary N) is 2. The first-order valence-corrected chi connectivity index (χ1v) is 7.96. The lowest BCUT2D eigenvalue weighted by atomic mass is 10.1. The van der Waals surface area contributed by atoms with E-state index in [1.54, 1.807) is 19.1 Å². The average Bonchev–Trinajstić information content (AvgIpc) is 3.03. The minimum absolute atomic E-state index is 0.160. The van der Waals surface area contributed by atoms with Crippen LogP contribution in [0.1, 0.15) is 29.0 Å². The Morgan fingerprint density at radius 3 is 2.70 bits per heavy atom. The maximum Gasteiger partial charge on any atom is 0.422 e. The molecular formula is C18H15F4N3O2. The van der Waals surface area contributed by atoms with Crippen LogP contribution in [0.3, 0.4) is 0 Å². The molecule has 0 spiro atoms. The van der Waals surface area contributed by atoms with E-state index >= 15 is 0 Å². The number of aromatic nitrogens is 2. The zero-order chi connectivity index (χ0) is 19.6. The second-order valence-electron chi connectivity index (χ2n) is 5.94. The number of halogens is 4. The van der Waals surface area contributed by atoms with Gasteiger partial charge < -0.3 is 15.0 Å². The SMILES string of the molecule is CC(NC(=O)c1cc2ccc(F)cc2[nH]1)c1ccc(OCC(F)(F)F)nc1. The number of H-pyrrole nitrogens is 1. The van der Waals surface area contributed by atoms with Crippen molar-refractivity contribution in [2.75, 3.05) is 6.61 Å². The number of hydrogen-bond donors (Lipinski definition) is 2. The smallest absolute Gasteiger partial charge is 0.422 e. The van der Waals surface area contributed by atoms with Crippen molar-refractivity contribution in [1.82, 2.24) is 15.3 Å². The molecule has 0 aliphatic rings. The molecule has 2 heterocycles. The minimum atomic E-state index is -4.44. The first kappa shape index (κ1) is 18.7. The molecule has 1 amide bonds. The standard InChI is InChI=1S/C18H15F4N3O2/c1-10(12-3-5-16(23-8-12)27-9-18(20,21)22)24-17(26)15-6-11-2-4-13(19)7-14(11)25-15/h2-8,10,25H,9H2,1H3,(H,24,26). The molecule has 0 aliphatic heterocycles. The number of carbonyl (C=O) groups is 1. The van der Waals surface area contributed by atoms with Gasteiger partial charge in [0, 0.05) is 23.2 Å². The number of pyridine rings is 1. The van der Waals surface area contributed by atoms with Crippen LogP contribution in [0.2, 0.25) is 0 Å². The minimum Gasteiger partial charge on any atom is -0.468 e. The maximum atomic E-state index is 13.2. The van der Waals surface area contributed by atoms with Gasteiger partial charge in [-0.3, -0.25) is 4.79 Å². The fourth-order valence-corrected chi connectivity index (χ4v) is 2.47. The molecule has 27 heavy (non-hydrogen) atoms. The highest BCUT2D eigenvalue weighted by molar-refractivity contribution is 5.98. The van der Waals surface area contributed by atoms with Crippen molar-refractivity contribution in [3.63, 3.8) is 0 Å². The molecule has 1 aromatic carbocycles. The van der Waals surface area contributed by atoms with Gasteiger partial charge in [-0.1, -0.05) is 6.07 Å². The van der Waals surface area contributed by atoms with Gasteiger partial charge in [0.05, 0.1) is 6.04 Å². The van der Waals surface area contributed by atoms with E-state index < -0.39 is 30.5 Å². The van der Waals surface area contributed by atoms with E-state index in [-0.39, 0.29) is 11.6 Å². The molecule has 1 unspecified atom stereocenters. The Kier molecular flexibility index (Phi) is 5.02. The van der Waals surface area contributed by atoms with Gasteiger partial charge in [0.1, 0.15) is 11.5 Å². The van der Waals surface area contributed by atoms with E-state index in [1.165, 1.54) is 30.5 Å². The lowest BCUT2D eigenvalue weighted by molar-refractivity contribution is -0.154. The third-order valence-corrected chi connectivity index (χ3v) is 3.82. The molecule has 3 rings (SSSR count). The molecule has 2 N–H and O–H groups in total. The van der Waals surface area contributed by atoms with Gasteiger partial charge >= 0.3 is 6.18 Å². The van der Waals surface area contributed by atoms with Gasteiger partial charge in [0.25, 0.3) is 5.91 Å². The molecule has 0 radical (unpaired) electrons. The van der Waals surface area contributed by atoms with Gasteiger partial charge in [0.15, 0.2) is 6.61 Å². The largest absolute Gasteiger partial charge is 0.468 e. The zero-order valence-electron chi connectivity index (χ0n) is 14.1. The van der Waals surface area contributed by atoms with Crippen molar-refractivity contribution in [2.45, 2.75) is 19.1 Å². The number of nitrogens with zero attached hydrogens (tertiary/aromatic N) is 1. The first-order chi connectivity index (χ1) is 12.7. The van der Waals surface area contributed by atoms with Crippen LogP contribution < -0.4 is 10.1 Å². The molecule has 0 saturated heterocycles. The second-order valence-corrected chi connectivity index (χ2v) is 5.94. The number of fused-ring (bicyclic) bond motifs is 1. The summed E-state index contributed by atoms with van der Waals surface area (Å²) in [5.41, 5.74) is 1.35. The Bertz CT molecular complexity index is 951. The van der Waals surface area contributed by atoms with Crippen molar-refractivity contribution < 1.29 is 27.1 Å². The van der Waals surface area contributed by atoms with Crippen LogP contribution in [0.5, 0.6) is 5.88 Å². The Balaban J connectivity index is 1.65. The number of benzene rings is 1. The number of ether oxygens (including phenoxy) is 1. The summed E-state index contributed by atoms with van der Waals surface area (Å²) in [5, 5.41) is 3.44. The zero-order valence-corrected chi connectivity index (χ0v) is 14.1. The van der Waals surface area contributed by atoms with Crippen LogP contribution >= 0.6 is 0 Å². The van der Waals surface area contributed by atoms with Crippen LogP contribution in [0, 0.1) is 5.82 Å². The monoisotopic (exact) mass is 381 g/mol. The Morgan fingerprint density at radius 2 is 2.04 bits per heavy atom. The van der Waals surface area contributed by atoms with Crippen molar-refractivity contribution in [1.29, 1.82) is 0 Å². The number of rotatable bonds is 5. The highest BCUT2D eigenvalue weighted by Crippen LogP contribution is 2.20. The second kappa shape index (κ2) is 7.26. The summed E-state index contributed by atoms with van der Waals surface area (Å²) in [5.74, 6) is -0.979. The molecule has 2 aromatic heterocycles. The molecule has 5 nitrogen and oxygen atoms in total. The molecule has 0 aliphatic carbocycles. The number of carbonyl (C=O) groups excluding carboxylic acids is 1. The van der Waals surface area contributed by atoms with Gasteiger partial charge in [-0.05, 0) is 36.8 Å². The molecule has 0 fully saturated rings. The summed E-state index contributed by atoms with van der Waals surface area (Å²) in [6, 6.07) is 8.12. The van der Waals surface area contributed by atoms with Crippen molar-refractivity contribution in [2.24, 2.45) is 0 Å². The van der Waals surface area contributed by atoms with Crippen LogP contribution in [0.15, 0.2) is 42.6 Å². The van der Waals surface area contributed by atoms with E-state index in [0.29, 0.717) is 16.5 Å². The Labute approximate surface area is 151 Å². The maximum absolute atomic E-state index is 13.2. The number of hydrogen-bond acceptors (Lipinski definition) is 3. The van der Waals surface area contributed by atoms with Crippen LogP contribution in [0.25, 0.3) is 10.9 Å². The summed E-state index contributed by atoms with van der Waals surface area (Å²) in [4.78, 5) is 19.0. The third-order valence-electron chi connectivity index (χ3n) is 3.82. The molecule has 1 atom stereocenters.